The molecule has 0 radical (unpaired) electrons. The van der Waals surface area contributed by atoms with Crippen molar-refractivity contribution in [2.75, 3.05) is 19.6 Å². The summed E-state index contributed by atoms with van der Waals surface area (Å²) >= 11 is 0. The van der Waals surface area contributed by atoms with E-state index in [0.717, 1.165) is 0 Å². The van der Waals surface area contributed by atoms with Crippen molar-refractivity contribution in [1.29, 1.82) is 5.26 Å². The Kier molecular flexibility index (Phi) is 5.54. The van der Waals surface area contributed by atoms with Gasteiger partial charge in [-0.15, -0.1) is 12.4 Å². The van der Waals surface area contributed by atoms with Crippen LogP contribution in [0.4, 0.5) is 0 Å². The molecule has 0 bridgehead atoms. The van der Waals surface area contributed by atoms with E-state index in [-0.39, 0.29) is 18.4 Å². The summed E-state index contributed by atoms with van der Waals surface area (Å²) in [6, 6.07) is 6.64. The lowest BCUT2D eigenvalue weighted by molar-refractivity contribution is 0.283. The lowest BCUT2D eigenvalue weighted by atomic mass is 10.2. The van der Waals surface area contributed by atoms with Crippen LogP contribution in [0.3, 0.4) is 0 Å². The monoisotopic (exact) mass is 315 g/mol. The van der Waals surface area contributed by atoms with Crippen molar-refractivity contribution in [2.45, 2.75) is 24.8 Å². The van der Waals surface area contributed by atoms with Crippen molar-refractivity contribution in [3.8, 4) is 6.07 Å². The second-order valence-corrected chi connectivity index (χ2v) is 6.62. The predicted octanol–water partition coefficient (Wildman–Crippen LogP) is 1.27. The summed E-state index contributed by atoms with van der Waals surface area (Å²) in [7, 11) is -3.48. The number of halogens is 1. The van der Waals surface area contributed by atoms with E-state index in [9.17, 15) is 8.42 Å². The topological polar surface area (TPSA) is 73.2 Å². The van der Waals surface area contributed by atoms with Crippen LogP contribution in [0.5, 0.6) is 0 Å². The van der Waals surface area contributed by atoms with Gasteiger partial charge in [-0.1, -0.05) is 0 Å². The van der Waals surface area contributed by atoms with Gasteiger partial charge in [-0.3, -0.25) is 0 Å². The van der Waals surface area contributed by atoms with Crippen molar-refractivity contribution in [3.05, 3.63) is 29.3 Å². The fourth-order valence-corrected chi connectivity index (χ4v) is 4.15. The first-order valence-electron chi connectivity index (χ1n) is 6.20. The van der Waals surface area contributed by atoms with Gasteiger partial charge >= 0.3 is 0 Å². The van der Waals surface area contributed by atoms with E-state index in [2.05, 4.69) is 5.32 Å². The molecule has 0 aliphatic carbocycles. The lowest BCUT2D eigenvalue weighted by Crippen LogP contribution is -2.52. The summed E-state index contributed by atoms with van der Waals surface area (Å²) in [5.74, 6) is 0. The van der Waals surface area contributed by atoms with Crippen LogP contribution in [0, 0.1) is 18.3 Å². The fourth-order valence-electron chi connectivity index (χ4n) is 2.31. The van der Waals surface area contributed by atoms with E-state index in [1.54, 1.807) is 19.1 Å². The van der Waals surface area contributed by atoms with Crippen LogP contribution >= 0.6 is 12.4 Å². The van der Waals surface area contributed by atoms with Crippen molar-refractivity contribution < 1.29 is 8.42 Å². The molecule has 110 valence electrons. The number of nitrogens with zero attached hydrogens (tertiary/aromatic N) is 2. The zero-order valence-electron chi connectivity index (χ0n) is 11.5. The number of benzene rings is 1. The maximum absolute atomic E-state index is 12.6. The Morgan fingerprint density at radius 2 is 2.15 bits per heavy atom. The molecule has 1 N–H and O–H groups in total. The Bertz CT molecular complexity index is 625. The molecule has 0 spiro atoms. The van der Waals surface area contributed by atoms with Gasteiger partial charge in [0.1, 0.15) is 0 Å². The van der Waals surface area contributed by atoms with Gasteiger partial charge in [0.2, 0.25) is 10.0 Å². The molecule has 7 heteroatoms. The van der Waals surface area contributed by atoms with Gasteiger partial charge in [0.25, 0.3) is 0 Å². The molecule has 1 fully saturated rings. The van der Waals surface area contributed by atoms with Crippen LogP contribution in [0.2, 0.25) is 0 Å². The molecular formula is C13H18ClN3O2S. The molecular weight excluding hydrogens is 298 g/mol. The second-order valence-electron chi connectivity index (χ2n) is 4.76. The maximum atomic E-state index is 12.6. The average molecular weight is 316 g/mol. The first-order chi connectivity index (χ1) is 8.96. The van der Waals surface area contributed by atoms with Gasteiger partial charge in [-0.25, -0.2) is 8.42 Å². The summed E-state index contributed by atoms with van der Waals surface area (Å²) in [4.78, 5) is 0.292. The Balaban J connectivity index is 0.00000200. The highest BCUT2D eigenvalue weighted by atomic mass is 35.5. The van der Waals surface area contributed by atoms with E-state index in [4.69, 9.17) is 5.26 Å². The molecule has 0 aromatic heterocycles. The number of hydrogen-bond donors (Lipinski definition) is 1. The van der Waals surface area contributed by atoms with Gasteiger partial charge in [-0.05, 0) is 37.6 Å². The minimum Gasteiger partial charge on any atom is -0.314 e. The van der Waals surface area contributed by atoms with Gasteiger partial charge in [0, 0.05) is 25.7 Å². The molecule has 1 aliphatic rings. The van der Waals surface area contributed by atoms with Crippen LogP contribution in [0.1, 0.15) is 18.1 Å². The quantitative estimate of drug-likeness (QED) is 0.892. The Morgan fingerprint density at radius 1 is 1.45 bits per heavy atom. The van der Waals surface area contributed by atoms with Crippen LogP contribution in [-0.4, -0.2) is 38.4 Å². The number of sulfonamides is 1. The molecule has 0 saturated carbocycles. The summed E-state index contributed by atoms with van der Waals surface area (Å²) in [5.41, 5.74) is 1.09. The number of rotatable bonds is 2. The molecule has 1 aliphatic heterocycles. The van der Waals surface area contributed by atoms with Crippen molar-refractivity contribution in [2.24, 2.45) is 0 Å². The predicted molar refractivity (Wildman–Crippen MR) is 79.4 cm³/mol. The van der Waals surface area contributed by atoms with Gasteiger partial charge in [0.15, 0.2) is 0 Å². The average Bonchev–Trinajstić information content (AvgIpc) is 2.38. The van der Waals surface area contributed by atoms with Crippen molar-refractivity contribution in [1.82, 2.24) is 9.62 Å². The van der Waals surface area contributed by atoms with Crippen LogP contribution in [0.15, 0.2) is 23.1 Å². The van der Waals surface area contributed by atoms with Crippen LogP contribution in [-0.2, 0) is 10.0 Å². The highest BCUT2D eigenvalue weighted by Gasteiger charge is 2.31. The van der Waals surface area contributed by atoms with E-state index >= 15 is 0 Å². The first-order valence-corrected chi connectivity index (χ1v) is 7.64. The standard InChI is InChI=1S/C13H17N3O2S.ClH/c1-10-7-12(8-14)3-4-13(10)19(17,18)16-6-5-15-9-11(16)2;/h3-4,7,11,15H,5-6,9H2,1-2H3;1H. The third-order valence-electron chi connectivity index (χ3n) is 3.33. The summed E-state index contributed by atoms with van der Waals surface area (Å²) < 4.78 is 26.8. The zero-order chi connectivity index (χ0) is 14.0. The molecule has 1 aromatic carbocycles. The minimum absolute atomic E-state index is 0. The molecule has 1 saturated heterocycles. The third kappa shape index (κ3) is 3.13. The number of nitriles is 1. The van der Waals surface area contributed by atoms with E-state index < -0.39 is 10.0 Å². The Hall–Kier alpha value is -1.13. The first kappa shape index (κ1) is 16.9. The minimum atomic E-state index is -3.48. The van der Waals surface area contributed by atoms with Gasteiger partial charge in [-0.2, -0.15) is 9.57 Å². The second kappa shape index (κ2) is 6.55. The normalized spacial score (nSPS) is 19.9. The summed E-state index contributed by atoms with van der Waals surface area (Å²) in [6.45, 7) is 5.42. The Labute approximate surface area is 126 Å². The molecule has 20 heavy (non-hydrogen) atoms. The lowest BCUT2D eigenvalue weighted by Gasteiger charge is -2.33. The van der Waals surface area contributed by atoms with Gasteiger partial charge < -0.3 is 5.32 Å². The molecule has 1 aromatic rings. The number of nitrogens with one attached hydrogen (secondary N) is 1. The van der Waals surface area contributed by atoms with Crippen molar-refractivity contribution >= 4 is 22.4 Å². The molecule has 1 atom stereocenters. The Morgan fingerprint density at radius 3 is 2.70 bits per heavy atom. The van der Waals surface area contributed by atoms with E-state index in [1.165, 1.54) is 10.4 Å². The highest BCUT2D eigenvalue weighted by molar-refractivity contribution is 7.89. The zero-order valence-corrected chi connectivity index (χ0v) is 13.1. The number of hydrogen-bond acceptors (Lipinski definition) is 4. The molecule has 2 rings (SSSR count). The fraction of sp³-hybridized carbons (Fsp3) is 0.462. The third-order valence-corrected chi connectivity index (χ3v) is 5.50. The number of aryl methyl sites for hydroxylation is 1. The molecule has 1 heterocycles. The molecule has 5 nitrogen and oxygen atoms in total. The number of piperazine rings is 1. The SMILES string of the molecule is Cc1cc(C#N)ccc1S(=O)(=O)N1CCNCC1C.Cl. The maximum Gasteiger partial charge on any atom is 0.243 e. The van der Waals surface area contributed by atoms with Crippen LogP contribution < -0.4 is 5.32 Å². The molecule has 1 unspecified atom stereocenters. The van der Waals surface area contributed by atoms with Crippen molar-refractivity contribution in [3.63, 3.8) is 0 Å². The highest BCUT2D eigenvalue weighted by Crippen LogP contribution is 2.23. The van der Waals surface area contributed by atoms with E-state index in [0.29, 0.717) is 35.7 Å². The van der Waals surface area contributed by atoms with Gasteiger partial charge in [0.05, 0.1) is 16.5 Å². The largest absolute Gasteiger partial charge is 0.314 e. The summed E-state index contributed by atoms with van der Waals surface area (Å²) in [6.07, 6.45) is 0. The molecule has 0 amide bonds. The smallest absolute Gasteiger partial charge is 0.243 e. The van der Waals surface area contributed by atoms with E-state index in [1.807, 2.05) is 13.0 Å². The summed E-state index contributed by atoms with van der Waals surface area (Å²) in [5, 5.41) is 12.0. The van der Waals surface area contributed by atoms with Crippen LogP contribution in [0.25, 0.3) is 0 Å².